The standard InChI is InChI=1S/C16H27N3O5S2/c1-10(2)9-11(18-15(21)24-16(3,4)5)13(20)19-26(17,22)14-12(23-6)7-8-25-14/h7-8,10-11H,9H2,1-6H3,(H,18,21)(H2,17,19,20,22)/t11-,26?/m0/s1. The van der Waals surface area contributed by atoms with Crippen molar-refractivity contribution >= 4 is 33.3 Å². The first-order chi connectivity index (χ1) is 11.9. The van der Waals surface area contributed by atoms with Crippen LogP contribution in [-0.2, 0) is 19.4 Å². The van der Waals surface area contributed by atoms with Crippen molar-refractivity contribution in [2.45, 2.75) is 56.9 Å². The number of ether oxygens (including phenoxy) is 2. The Balaban J connectivity index is 3.08. The minimum atomic E-state index is -3.48. The van der Waals surface area contributed by atoms with E-state index in [1.54, 1.807) is 32.2 Å². The lowest BCUT2D eigenvalue weighted by Crippen LogP contribution is -2.44. The van der Waals surface area contributed by atoms with Gasteiger partial charge in [-0.05, 0) is 44.6 Å². The summed E-state index contributed by atoms with van der Waals surface area (Å²) in [6.45, 7) is 8.92. The van der Waals surface area contributed by atoms with Crippen molar-refractivity contribution in [3.8, 4) is 5.75 Å². The molecule has 2 atom stereocenters. The molecule has 10 heteroatoms. The SMILES string of the molecule is COc1ccsc1S(N)(=O)=NC(=O)[C@H](CC(C)C)NC(=O)OC(C)(C)C. The summed E-state index contributed by atoms with van der Waals surface area (Å²) in [5.41, 5.74) is -0.710. The molecule has 0 spiro atoms. The molecular formula is C16H27N3O5S2. The molecule has 0 aliphatic heterocycles. The largest absolute Gasteiger partial charge is 0.495 e. The van der Waals surface area contributed by atoms with E-state index in [0.29, 0.717) is 12.2 Å². The number of nitrogens with zero attached hydrogens (tertiary/aromatic N) is 1. The van der Waals surface area contributed by atoms with Crippen molar-refractivity contribution in [2.24, 2.45) is 15.4 Å². The minimum Gasteiger partial charge on any atom is -0.495 e. The van der Waals surface area contributed by atoms with Crippen molar-refractivity contribution in [1.29, 1.82) is 0 Å². The van der Waals surface area contributed by atoms with E-state index in [2.05, 4.69) is 9.68 Å². The van der Waals surface area contributed by atoms with Crippen molar-refractivity contribution in [2.75, 3.05) is 7.11 Å². The maximum atomic E-state index is 12.7. The number of nitrogens with two attached hydrogens (primary N) is 1. The molecule has 1 aromatic rings. The van der Waals surface area contributed by atoms with Gasteiger partial charge in [0, 0.05) is 0 Å². The van der Waals surface area contributed by atoms with Gasteiger partial charge in [-0.2, -0.15) is 0 Å². The minimum absolute atomic E-state index is 0.0826. The maximum Gasteiger partial charge on any atom is 0.408 e. The average Bonchev–Trinajstić information content (AvgIpc) is 2.92. The number of methoxy groups -OCH3 is 1. The van der Waals surface area contributed by atoms with Crippen molar-refractivity contribution in [3.63, 3.8) is 0 Å². The van der Waals surface area contributed by atoms with E-state index in [1.807, 2.05) is 13.8 Å². The molecule has 2 amide bonds. The first kappa shape index (κ1) is 22.4. The van der Waals surface area contributed by atoms with Crippen LogP contribution in [0.25, 0.3) is 0 Å². The molecule has 8 nitrogen and oxygen atoms in total. The van der Waals surface area contributed by atoms with Crippen LogP contribution in [0.15, 0.2) is 20.0 Å². The van der Waals surface area contributed by atoms with Crippen molar-refractivity contribution in [1.82, 2.24) is 5.32 Å². The Labute approximate surface area is 158 Å². The van der Waals surface area contributed by atoms with E-state index in [4.69, 9.17) is 14.6 Å². The lowest BCUT2D eigenvalue weighted by atomic mass is 10.0. The van der Waals surface area contributed by atoms with Gasteiger partial charge in [0.1, 0.15) is 17.4 Å². The molecule has 0 radical (unpaired) electrons. The van der Waals surface area contributed by atoms with Crippen molar-refractivity contribution in [3.05, 3.63) is 11.4 Å². The van der Waals surface area contributed by atoms with Crippen LogP contribution < -0.4 is 15.2 Å². The molecule has 0 saturated carbocycles. The molecule has 1 unspecified atom stereocenters. The van der Waals surface area contributed by atoms with Crippen LogP contribution >= 0.6 is 11.3 Å². The van der Waals surface area contributed by atoms with Gasteiger partial charge in [0.25, 0.3) is 5.91 Å². The lowest BCUT2D eigenvalue weighted by molar-refractivity contribution is -0.120. The fourth-order valence-corrected chi connectivity index (χ4v) is 4.36. The van der Waals surface area contributed by atoms with Gasteiger partial charge in [0.05, 0.1) is 7.11 Å². The fourth-order valence-electron chi connectivity index (χ4n) is 2.03. The molecule has 0 aromatic carbocycles. The molecule has 0 aliphatic carbocycles. The molecule has 0 aliphatic rings. The molecule has 3 N–H and O–H groups in total. The van der Waals surface area contributed by atoms with Crippen LogP contribution in [0, 0.1) is 5.92 Å². The van der Waals surface area contributed by atoms with E-state index >= 15 is 0 Å². The highest BCUT2D eigenvalue weighted by Gasteiger charge is 2.27. The Morgan fingerprint density at radius 1 is 1.38 bits per heavy atom. The fraction of sp³-hybridized carbons (Fsp3) is 0.625. The molecule has 148 valence electrons. The van der Waals surface area contributed by atoms with Gasteiger partial charge in [-0.3, -0.25) is 4.79 Å². The van der Waals surface area contributed by atoms with Crippen LogP contribution in [-0.4, -0.2) is 35.0 Å². The third-order valence-electron chi connectivity index (χ3n) is 3.00. The summed E-state index contributed by atoms with van der Waals surface area (Å²) >= 11 is 1.09. The molecule has 1 heterocycles. The molecule has 1 aromatic heterocycles. The second kappa shape index (κ2) is 8.83. The first-order valence-electron chi connectivity index (χ1n) is 8.05. The quantitative estimate of drug-likeness (QED) is 0.754. The number of carbonyl (C=O) groups is 2. The van der Waals surface area contributed by atoms with Gasteiger partial charge in [0.15, 0.2) is 14.1 Å². The van der Waals surface area contributed by atoms with Gasteiger partial charge in [-0.1, -0.05) is 13.8 Å². The molecule has 0 bridgehead atoms. The normalized spacial score (nSPS) is 15.1. The maximum absolute atomic E-state index is 12.7. The van der Waals surface area contributed by atoms with Crippen LogP contribution in [0.5, 0.6) is 5.75 Å². The van der Waals surface area contributed by atoms with Gasteiger partial charge >= 0.3 is 6.09 Å². The van der Waals surface area contributed by atoms with Gasteiger partial charge < -0.3 is 14.8 Å². The molecule has 1 rings (SSSR count). The second-order valence-electron chi connectivity index (χ2n) is 7.10. The topological polar surface area (TPSA) is 120 Å². The Hall–Kier alpha value is -1.65. The van der Waals surface area contributed by atoms with E-state index < -0.39 is 33.6 Å². The molecule has 0 saturated heterocycles. The summed E-state index contributed by atoms with van der Waals surface area (Å²) < 4.78 is 26.8. The van der Waals surface area contributed by atoms with Crippen LogP contribution in [0.1, 0.15) is 41.0 Å². The highest BCUT2D eigenvalue weighted by atomic mass is 32.2. The van der Waals surface area contributed by atoms with Crippen LogP contribution in [0.3, 0.4) is 0 Å². The van der Waals surface area contributed by atoms with Gasteiger partial charge in [-0.15, -0.1) is 15.7 Å². The molecule has 0 fully saturated rings. The summed E-state index contributed by atoms with van der Waals surface area (Å²) in [5, 5.41) is 9.92. The Morgan fingerprint density at radius 3 is 2.50 bits per heavy atom. The Morgan fingerprint density at radius 2 is 2.00 bits per heavy atom. The predicted molar refractivity (Wildman–Crippen MR) is 102 cm³/mol. The van der Waals surface area contributed by atoms with Crippen molar-refractivity contribution < 1.29 is 23.3 Å². The van der Waals surface area contributed by atoms with Gasteiger partial charge in [-0.25, -0.2) is 14.1 Å². The smallest absolute Gasteiger partial charge is 0.408 e. The summed E-state index contributed by atoms with van der Waals surface area (Å²) in [4.78, 5) is 24.6. The number of nitrogens with one attached hydrogen (secondary N) is 1. The lowest BCUT2D eigenvalue weighted by Gasteiger charge is -2.23. The summed E-state index contributed by atoms with van der Waals surface area (Å²) in [7, 11) is -2.07. The Bertz CT molecular complexity index is 758. The second-order valence-corrected chi connectivity index (χ2v) is 10.0. The summed E-state index contributed by atoms with van der Waals surface area (Å²) in [6, 6.07) is 0.608. The number of rotatable bonds is 6. The monoisotopic (exact) mass is 405 g/mol. The van der Waals surface area contributed by atoms with E-state index in [-0.39, 0.29) is 10.1 Å². The zero-order valence-corrected chi connectivity index (χ0v) is 17.5. The number of carbonyl (C=O) groups excluding carboxylic acids is 2. The number of hydrogen-bond acceptors (Lipinski definition) is 6. The van der Waals surface area contributed by atoms with E-state index in [9.17, 15) is 13.8 Å². The first-order valence-corrected chi connectivity index (χ1v) is 10.5. The average molecular weight is 406 g/mol. The zero-order chi connectivity index (χ0) is 20.1. The van der Waals surface area contributed by atoms with Crippen LogP contribution in [0.2, 0.25) is 0 Å². The third-order valence-corrected chi connectivity index (χ3v) is 5.88. The number of thiophene rings is 1. The highest BCUT2D eigenvalue weighted by molar-refractivity contribution is 7.93. The molecule has 26 heavy (non-hydrogen) atoms. The summed E-state index contributed by atoms with van der Waals surface area (Å²) in [5.74, 6) is -0.383. The number of hydrogen-bond donors (Lipinski definition) is 2. The summed E-state index contributed by atoms with van der Waals surface area (Å²) in [6.07, 6.45) is -0.442. The number of amides is 2. The van der Waals surface area contributed by atoms with Crippen LogP contribution in [0.4, 0.5) is 4.79 Å². The highest BCUT2D eigenvalue weighted by Crippen LogP contribution is 2.29. The van der Waals surface area contributed by atoms with Gasteiger partial charge in [0.2, 0.25) is 0 Å². The predicted octanol–water partition coefficient (Wildman–Crippen LogP) is 2.92. The molecular weight excluding hydrogens is 378 g/mol. The van der Waals surface area contributed by atoms with E-state index in [1.165, 1.54) is 7.11 Å². The zero-order valence-electron chi connectivity index (χ0n) is 15.9. The van der Waals surface area contributed by atoms with E-state index in [0.717, 1.165) is 11.3 Å². The third kappa shape index (κ3) is 6.93. The Kier molecular flexibility index (Phi) is 7.60. The number of alkyl carbamates (subject to hydrolysis) is 1.